The second kappa shape index (κ2) is 9.68. The first kappa shape index (κ1) is 20.4. The van der Waals surface area contributed by atoms with Gasteiger partial charge in [-0.3, -0.25) is 9.59 Å². The molecule has 2 rings (SSSR count). The summed E-state index contributed by atoms with van der Waals surface area (Å²) in [4.78, 5) is 24.3. The zero-order valence-corrected chi connectivity index (χ0v) is 16.2. The lowest BCUT2D eigenvalue weighted by atomic mass is 10.0. The Morgan fingerprint density at radius 2 is 1.85 bits per heavy atom. The fourth-order valence-electron chi connectivity index (χ4n) is 2.15. The molecule has 2 aromatic rings. The summed E-state index contributed by atoms with van der Waals surface area (Å²) in [5, 5.41) is 2.77. The molecule has 0 spiro atoms. The predicted molar refractivity (Wildman–Crippen MR) is 98.7 cm³/mol. The van der Waals surface area contributed by atoms with Crippen molar-refractivity contribution in [2.24, 2.45) is 0 Å². The lowest BCUT2D eigenvalue weighted by molar-refractivity contribution is -0.141. The van der Waals surface area contributed by atoms with E-state index in [1.165, 1.54) is 13.2 Å². The summed E-state index contributed by atoms with van der Waals surface area (Å²) in [6.45, 7) is 0. The molecule has 0 heterocycles. The molecule has 4 nitrogen and oxygen atoms in total. The number of rotatable bonds is 7. The predicted octanol–water partition coefficient (Wildman–Crippen LogP) is 4.24. The van der Waals surface area contributed by atoms with Crippen molar-refractivity contribution in [2.75, 3.05) is 12.9 Å². The van der Waals surface area contributed by atoms with Gasteiger partial charge in [0.15, 0.2) is 11.6 Å². The van der Waals surface area contributed by atoms with Crippen LogP contribution in [-0.4, -0.2) is 24.7 Å². The van der Waals surface area contributed by atoms with Gasteiger partial charge in [0.25, 0.3) is 0 Å². The molecule has 138 valence electrons. The van der Waals surface area contributed by atoms with Crippen LogP contribution in [0, 0.1) is 11.6 Å². The molecule has 26 heavy (non-hydrogen) atoms. The molecule has 0 aliphatic carbocycles. The van der Waals surface area contributed by atoms with Gasteiger partial charge in [0, 0.05) is 9.37 Å². The summed E-state index contributed by atoms with van der Waals surface area (Å²) in [6, 6.07) is 10.1. The van der Waals surface area contributed by atoms with Gasteiger partial charge in [-0.05, 0) is 35.9 Å². The van der Waals surface area contributed by atoms with E-state index in [0.29, 0.717) is 4.90 Å². The second-order valence-electron chi connectivity index (χ2n) is 5.32. The van der Waals surface area contributed by atoms with Gasteiger partial charge in [-0.25, -0.2) is 8.78 Å². The Morgan fingerprint density at radius 1 is 1.15 bits per heavy atom. The minimum absolute atomic E-state index is 0.000721. The molecule has 2 aromatic carbocycles. The van der Waals surface area contributed by atoms with Crippen LogP contribution in [0.1, 0.15) is 18.0 Å². The van der Waals surface area contributed by atoms with E-state index >= 15 is 0 Å². The van der Waals surface area contributed by atoms with Crippen LogP contribution in [-0.2, 0) is 14.3 Å². The summed E-state index contributed by atoms with van der Waals surface area (Å²) in [7, 11) is 1.28. The van der Waals surface area contributed by atoms with E-state index in [9.17, 15) is 18.4 Å². The fourth-order valence-corrected chi connectivity index (χ4v) is 3.15. The van der Waals surface area contributed by atoms with E-state index < -0.39 is 23.6 Å². The molecule has 0 fully saturated rings. The van der Waals surface area contributed by atoms with Gasteiger partial charge in [0.1, 0.15) is 0 Å². The zero-order valence-electron chi connectivity index (χ0n) is 13.8. The van der Waals surface area contributed by atoms with Gasteiger partial charge >= 0.3 is 5.97 Å². The van der Waals surface area contributed by atoms with Crippen LogP contribution in [0.3, 0.4) is 0 Å². The summed E-state index contributed by atoms with van der Waals surface area (Å²) < 4.78 is 31.7. The highest BCUT2D eigenvalue weighted by molar-refractivity contribution is 9.10. The topological polar surface area (TPSA) is 55.4 Å². The number of carbonyl (C=O) groups excluding carboxylic acids is 2. The van der Waals surface area contributed by atoms with Crippen molar-refractivity contribution >= 4 is 39.6 Å². The molecule has 0 saturated heterocycles. The molecular weight excluding hydrogens is 428 g/mol. The maximum atomic E-state index is 13.2. The summed E-state index contributed by atoms with van der Waals surface area (Å²) >= 11 is 4.41. The van der Waals surface area contributed by atoms with E-state index in [1.807, 2.05) is 12.1 Å². The zero-order chi connectivity index (χ0) is 19.1. The largest absolute Gasteiger partial charge is 0.469 e. The highest BCUT2D eigenvalue weighted by Crippen LogP contribution is 2.23. The first-order valence-corrected chi connectivity index (χ1v) is 9.36. The Labute approximate surface area is 162 Å². The van der Waals surface area contributed by atoms with Crippen molar-refractivity contribution in [3.63, 3.8) is 0 Å². The average molecular weight is 444 g/mol. The Morgan fingerprint density at radius 3 is 2.46 bits per heavy atom. The summed E-state index contributed by atoms with van der Waals surface area (Å²) in [6.07, 6.45) is -0.0142. The summed E-state index contributed by atoms with van der Waals surface area (Å²) in [5.41, 5.74) is 0.754. The number of hydrogen-bond donors (Lipinski definition) is 1. The minimum atomic E-state index is -0.964. The van der Waals surface area contributed by atoms with Crippen molar-refractivity contribution in [1.82, 2.24) is 5.32 Å². The van der Waals surface area contributed by atoms with E-state index in [-0.39, 0.29) is 18.1 Å². The molecular formula is C18H16BrF2NO3S. The third kappa shape index (κ3) is 6.10. The third-order valence-electron chi connectivity index (χ3n) is 3.47. The molecule has 0 aromatic heterocycles. The maximum Gasteiger partial charge on any atom is 0.307 e. The van der Waals surface area contributed by atoms with Gasteiger partial charge in [-0.1, -0.05) is 28.1 Å². The number of amides is 1. The molecule has 0 radical (unpaired) electrons. The van der Waals surface area contributed by atoms with Crippen LogP contribution in [0.5, 0.6) is 0 Å². The quantitative estimate of drug-likeness (QED) is 0.513. The Bertz CT molecular complexity index is 787. The molecule has 1 N–H and O–H groups in total. The molecule has 0 bridgehead atoms. The normalized spacial score (nSPS) is 11.7. The van der Waals surface area contributed by atoms with Crippen LogP contribution in [0.4, 0.5) is 8.78 Å². The SMILES string of the molecule is COC(=O)CC(NC(=O)CSc1ccc(F)c(F)c1)c1ccc(Br)cc1. The first-order valence-electron chi connectivity index (χ1n) is 7.58. The summed E-state index contributed by atoms with van der Waals surface area (Å²) in [5.74, 6) is -2.69. The first-order chi connectivity index (χ1) is 12.4. The van der Waals surface area contributed by atoms with Gasteiger partial charge in [-0.15, -0.1) is 11.8 Å². The van der Waals surface area contributed by atoms with E-state index in [2.05, 4.69) is 26.0 Å². The van der Waals surface area contributed by atoms with E-state index in [4.69, 9.17) is 0 Å². The molecule has 0 aliphatic rings. The number of ether oxygens (including phenoxy) is 1. The molecule has 1 amide bonds. The average Bonchev–Trinajstić information content (AvgIpc) is 2.62. The lowest BCUT2D eigenvalue weighted by Crippen LogP contribution is -2.31. The van der Waals surface area contributed by atoms with Crippen LogP contribution in [0.15, 0.2) is 51.8 Å². The van der Waals surface area contributed by atoms with Gasteiger partial charge < -0.3 is 10.1 Å². The number of benzene rings is 2. The van der Waals surface area contributed by atoms with Gasteiger partial charge in [-0.2, -0.15) is 0 Å². The molecule has 1 atom stereocenters. The van der Waals surface area contributed by atoms with Crippen LogP contribution in [0.2, 0.25) is 0 Å². The van der Waals surface area contributed by atoms with Crippen molar-refractivity contribution in [2.45, 2.75) is 17.4 Å². The Hall–Kier alpha value is -1.93. The second-order valence-corrected chi connectivity index (χ2v) is 7.28. The smallest absolute Gasteiger partial charge is 0.307 e. The third-order valence-corrected chi connectivity index (χ3v) is 4.99. The number of methoxy groups -OCH3 is 1. The van der Waals surface area contributed by atoms with E-state index in [1.54, 1.807) is 12.1 Å². The van der Waals surface area contributed by atoms with Crippen LogP contribution < -0.4 is 5.32 Å². The molecule has 8 heteroatoms. The van der Waals surface area contributed by atoms with Gasteiger partial charge in [0.05, 0.1) is 25.3 Å². The van der Waals surface area contributed by atoms with E-state index in [0.717, 1.165) is 33.9 Å². The van der Waals surface area contributed by atoms with Crippen LogP contribution >= 0.6 is 27.7 Å². The van der Waals surface area contributed by atoms with Crippen molar-refractivity contribution in [3.05, 3.63) is 64.1 Å². The number of carbonyl (C=O) groups is 2. The van der Waals surface area contributed by atoms with Crippen LogP contribution in [0.25, 0.3) is 0 Å². The number of thioether (sulfide) groups is 1. The number of halogens is 3. The molecule has 1 unspecified atom stereocenters. The monoisotopic (exact) mass is 443 g/mol. The van der Waals surface area contributed by atoms with Gasteiger partial charge in [0.2, 0.25) is 5.91 Å². The highest BCUT2D eigenvalue weighted by atomic mass is 79.9. The molecule has 0 saturated carbocycles. The van der Waals surface area contributed by atoms with Crippen molar-refractivity contribution in [1.29, 1.82) is 0 Å². The van der Waals surface area contributed by atoms with Crippen molar-refractivity contribution < 1.29 is 23.1 Å². The Kier molecular flexibility index (Phi) is 7.59. The fraction of sp³-hybridized carbons (Fsp3) is 0.222. The lowest BCUT2D eigenvalue weighted by Gasteiger charge is -2.18. The number of hydrogen-bond acceptors (Lipinski definition) is 4. The van der Waals surface area contributed by atoms with Crippen molar-refractivity contribution in [3.8, 4) is 0 Å². The highest BCUT2D eigenvalue weighted by Gasteiger charge is 2.19. The molecule has 0 aliphatic heterocycles. The standard InChI is InChI=1S/C18H16BrF2NO3S/c1-25-18(24)9-16(11-2-4-12(19)5-3-11)22-17(23)10-26-13-6-7-14(20)15(21)8-13/h2-8,16H,9-10H2,1H3,(H,22,23). The number of nitrogens with one attached hydrogen (secondary N) is 1. The Balaban J connectivity index is 2.01. The minimum Gasteiger partial charge on any atom is -0.469 e. The maximum absolute atomic E-state index is 13.2. The number of esters is 1.